The molecule has 1 N–H and O–H groups in total. The third-order valence-electron chi connectivity index (χ3n) is 6.19. The highest BCUT2D eigenvalue weighted by molar-refractivity contribution is 5.95. The zero-order valence-corrected chi connectivity index (χ0v) is 16.8. The van der Waals surface area contributed by atoms with Crippen LogP contribution in [0.4, 0.5) is 0 Å². The molecule has 2 aliphatic rings. The van der Waals surface area contributed by atoms with Crippen LogP contribution in [0, 0.1) is 0 Å². The lowest BCUT2D eigenvalue weighted by Crippen LogP contribution is -2.85. The van der Waals surface area contributed by atoms with E-state index in [-0.39, 0.29) is 30.4 Å². The Kier molecular flexibility index (Phi) is 5.01. The molecule has 29 heavy (non-hydrogen) atoms. The smallest absolute Gasteiger partial charge is 0.254 e. The minimum absolute atomic E-state index is 0.0101. The van der Waals surface area contributed by atoms with Gasteiger partial charge in [-0.1, -0.05) is 54.6 Å². The van der Waals surface area contributed by atoms with Crippen molar-refractivity contribution in [2.24, 2.45) is 0 Å². The van der Waals surface area contributed by atoms with Gasteiger partial charge in [0, 0.05) is 31.5 Å². The maximum Gasteiger partial charge on any atom is 0.254 e. The first-order chi connectivity index (χ1) is 14.0. The number of rotatable bonds is 4. The van der Waals surface area contributed by atoms with Crippen LogP contribution >= 0.6 is 0 Å². The molecule has 0 unspecified atom stereocenters. The fourth-order valence-corrected chi connectivity index (χ4v) is 5.05. The molecular weight excluding hydrogens is 364 g/mol. The SMILES string of the molecule is C/C=C/c1ccc([C@H]2[C@@H](CO)N(C(C)=O)C23CN(C(=O)c2ccccc2)C3)cc1. The van der Waals surface area contributed by atoms with Crippen LogP contribution in [0.1, 0.15) is 41.3 Å². The number of hydrogen-bond donors (Lipinski definition) is 1. The molecule has 2 aliphatic heterocycles. The number of carbonyl (C=O) groups excluding carboxylic acids is 2. The number of aliphatic hydroxyl groups excluding tert-OH is 1. The third-order valence-corrected chi connectivity index (χ3v) is 6.19. The highest BCUT2D eigenvalue weighted by Crippen LogP contribution is 2.54. The summed E-state index contributed by atoms with van der Waals surface area (Å²) in [5.41, 5.74) is 2.43. The van der Waals surface area contributed by atoms with Crippen molar-refractivity contribution in [2.45, 2.75) is 31.3 Å². The van der Waals surface area contributed by atoms with Gasteiger partial charge in [-0.2, -0.15) is 0 Å². The van der Waals surface area contributed by atoms with Gasteiger partial charge in [-0.3, -0.25) is 9.59 Å². The average molecular weight is 390 g/mol. The van der Waals surface area contributed by atoms with Crippen LogP contribution in [0.2, 0.25) is 0 Å². The fraction of sp³-hybridized carbons (Fsp3) is 0.333. The predicted molar refractivity (Wildman–Crippen MR) is 112 cm³/mol. The molecule has 2 amide bonds. The van der Waals surface area contributed by atoms with Crippen molar-refractivity contribution in [1.82, 2.24) is 9.80 Å². The zero-order valence-electron chi connectivity index (χ0n) is 16.8. The lowest BCUT2D eigenvalue weighted by Gasteiger charge is -2.70. The summed E-state index contributed by atoms with van der Waals surface area (Å²) in [4.78, 5) is 28.8. The zero-order chi connectivity index (χ0) is 20.6. The maximum atomic E-state index is 12.8. The third kappa shape index (κ3) is 3.06. The number of nitrogens with zero attached hydrogens (tertiary/aromatic N) is 2. The van der Waals surface area contributed by atoms with Crippen LogP contribution in [0.3, 0.4) is 0 Å². The van der Waals surface area contributed by atoms with Crippen molar-refractivity contribution in [3.05, 3.63) is 77.4 Å². The minimum atomic E-state index is -0.439. The fourth-order valence-electron chi connectivity index (χ4n) is 5.05. The summed E-state index contributed by atoms with van der Waals surface area (Å²) >= 11 is 0. The Morgan fingerprint density at radius 2 is 1.76 bits per heavy atom. The highest BCUT2D eigenvalue weighted by atomic mass is 16.3. The first kappa shape index (κ1) is 19.4. The van der Waals surface area contributed by atoms with E-state index in [1.54, 1.807) is 9.80 Å². The van der Waals surface area contributed by atoms with Gasteiger partial charge in [-0.15, -0.1) is 0 Å². The molecule has 1 spiro atoms. The molecule has 2 aromatic carbocycles. The predicted octanol–water partition coefficient (Wildman–Crippen LogP) is 2.92. The molecule has 0 saturated carbocycles. The van der Waals surface area contributed by atoms with Crippen molar-refractivity contribution < 1.29 is 14.7 Å². The molecule has 0 radical (unpaired) electrons. The second-order valence-corrected chi connectivity index (χ2v) is 7.91. The van der Waals surface area contributed by atoms with Crippen molar-refractivity contribution in [1.29, 1.82) is 0 Å². The Morgan fingerprint density at radius 3 is 2.31 bits per heavy atom. The molecule has 2 heterocycles. The Bertz CT molecular complexity index is 930. The van der Waals surface area contributed by atoms with E-state index in [2.05, 4.69) is 24.3 Å². The average Bonchev–Trinajstić information content (AvgIpc) is 2.68. The van der Waals surface area contributed by atoms with E-state index in [1.807, 2.05) is 49.4 Å². The van der Waals surface area contributed by atoms with Gasteiger partial charge in [0.2, 0.25) is 5.91 Å². The molecule has 2 saturated heterocycles. The molecule has 5 heteroatoms. The monoisotopic (exact) mass is 390 g/mol. The number of allylic oxidation sites excluding steroid dienone is 1. The molecule has 0 bridgehead atoms. The summed E-state index contributed by atoms with van der Waals surface area (Å²) in [6.07, 6.45) is 4.03. The van der Waals surface area contributed by atoms with Crippen LogP contribution in [0.25, 0.3) is 6.08 Å². The molecule has 5 nitrogen and oxygen atoms in total. The van der Waals surface area contributed by atoms with Gasteiger partial charge in [-0.05, 0) is 30.2 Å². The molecule has 0 aromatic heterocycles. The Hall–Kier alpha value is -2.92. The Labute approximate surface area is 171 Å². The van der Waals surface area contributed by atoms with Crippen molar-refractivity contribution in [2.75, 3.05) is 19.7 Å². The Morgan fingerprint density at radius 1 is 1.10 bits per heavy atom. The quantitative estimate of drug-likeness (QED) is 0.873. The van der Waals surface area contributed by atoms with Gasteiger partial charge < -0.3 is 14.9 Å². The van der Waals surface area contributed by atoms with E-state index in [4.69, 9.17) is 0 Å². The van der Waals surface area contributed by atoms with E-state index < -0.39 is 5.54 Å². The molecule has 4 rings (SSSR count). The topological polar surface area (TPSA) is 60.9 Å². The van der Waals surface area contributed by atoms with Gasteiger partial charge in [0.25, 0.3) is 5.91 Å². The molecule has 0 aliphatic carbocycles. The number of likely N-dealkylation sites (tertiary alicyclic amines) is 2. The second-order valence-electron chi connectivity index (χ2n) is 7.91. The molecule has 150 valence electrons. The van der Waals surface area contributed by atoms with Crippen LogP contribution in [0.5, 0.6) is 0 Å². The van der Waals surface area contributed by atoms with E-state index in [0.717, 1.165) is 11.1 Å². The summed E-state index contributed by atoms with van der Waals surface area (Å²) in [5, 5.41) is 10.00. The van der Waals surface area contributed by atoms with Gasteiger partial charge in [0.05, 0.1) is 18.2 Å². The normalized spacial score (nSPS) is 22.4. The molecule has 2 atom stereocenters. The number of hydrogen-bond acceptors (Lipinski definition) is 3. The van der Waals surface area contributed by atoms with E-state index in [1.165, 1.54) is 6.92 Å². The molecule has 2 aromatic rings. The first-order valence-electron chi connectivity index (χ1n) is 9.99. The highest BCUT2D eigenvalue weighted by Gasteiger charge is 2.67. The maximum absolute atomic E-state index is 12.8. The first-order valence-corrected chi connectivity index (χ1v) is 9.99. The standard InChI is InChI=1S/C24H26N2O3/c1-3-7-18-10-12-19(13-11-18)22-21(14-27)26(17(2)28)24(22)15-25(16-24)23(29)20-8-5-4-6-9-20/h3-13,21-22,27H,14-16H2,1-2H3/b7-3+/t21-,22+/m1/s1. The van der Waals surface area contributed by atoms with Crippen LogP contribution < -0.4 is 0 Å². The van der Waals surface area contributed by atoms with Crippen molar-refractivity contribution >= 4 is 17.9 Å². The van der Waals surface area contributed by atoms with Gasteiger partial charge in [-0.25, -0.2) is 0 Å². The summed E-state index contributed by atoms with van der Waals surface area (Å²) in [5.74, 6) is -0.0668. The van der Waals surface area contributed by atoms with Gasteiger partial charge >= 0.3 is 0 Å². The number of carbonyl (C=O) groups is 2. The lowest BCUT2D eigenvalue weighted by atomic mass is 9.60. The summed E-state index contributed by atoms with van der Waals surface area (Å²) in [6.45, 7) is 4.40. The van der Waals surface area contributed by atoms with Crippen LogP contribution in [-0.2, 0) is 4.79 Å². The summed E-state index contributed by atoms with van der Waals surface area (Å²) in [6, 6.07) is 17.2. The summed E-state index contributed by atoms with van der Waals surface area (Å²) in [7, 11) is 0. The van der Waals surface area contributed by atoms with E-state index >= 15 is 0 Å². The second kappa shape index (κ2) is 7.48. The van der Waals surface area contributed by atoms with Crippen molar-refractivity contribution in [3.8, 4) is 0 Å². The van der Waals surface area contributed by atoms with Gasteiger partial charge in [0.15, 0.2) is 0 Å². The van der Waals surface area contributed by atoms with E-state index in [9.17, 15) is 14.7 Å². The van der Waals surface area contributed by atoms with Crippen LogP contribution in [-0.4, -0.2) is 58.0 Å². The summed E-state index contributed by atoms with van der Waals surface area (Å²) < 4.78 is 0. The molecular formula is C24H26N2O3. The largest absolute Gasteiger partial charge is 0.394 e. The minimum Gasteiger partial charge on any atom is -0.394 e. The van der Waals surface area contributed by atoms with E-state index in [0.29, 0.717) is 18.7 Å². The van der Waals surface area contributed by atoms with Crippen molar-refractivity contribution in [3.63, 3.8) is 0 Å². The molecule has 2 fully saturated rings. The van der Waals surface area contributed by atoms with Crippen LogP contribution in [0.15, 0.2) is 60.7 Å². The number of benzene rings is 2. The Balaban J connectivity index is 1.61. The number of amides is 2. The lowest BCUT2D eigenvalue weighted by molar-refractivity contribution is -0.191. The van der Waals surface area contributed by atoms with Gasteiger partial charge in [0.1, 0.15) is 0 Å². The number of aliphatic hydroxyl groups is 1.